The summed E-state index contributed by atoms with van der Waals surface area (Å²) in [5.41, 5.74) is 0.993. The zero-order valence-electron chi connectivity index (χ0n) is 27.6. The van der Waals surface area contributed by atoms with Gasteiger partial charge in [0.1, 0.15) is 0 Å². The van der Waals surface area contributed by atoms with E-state index in [0.29, 0.717) is 16.7 Å². The fourth-order valence-electron chi connectivity index (χ4n) is 3.30. The van der Waals surface area contributed by atoms with Gasteiger partial charge >= 0.3 is 17.9 Å². The molecule has 8 nitrogen and oxygen atoms in total. The average molecular weight is 629 g/mol. The van der Waals surface area contributed by atoms with Crippen LogP contribution in [0, 0.1) is 0 Å². The molecule has 5 N–H and O–H groups in total. The predicted molar refractivity (Wildman–Crippen MR) is 183 cm³/mol. The Hall–Kier alpha value is -4.01. The van der Waals surface area contributed by atoms with Crippen LogP contribution in [0.15, 0.2) is 91.0 Å². The van der Waals surface area contributed by atoms with Gasteiger partial charge in [-0.1, -0.05) is 133 Å². The minimum Gasteiger partial charge on any atom is -0.478 e. The molecule has 0 amide bonds. The average Bonchev–Trinajstić information content (AvgIpc) is 3.05. The Kier molecular flexibility index (Phi) is 36.5. The van der Waals surface area contributed by atoms with Crippen LogP contribution in [0.2, 0.25) is 0 Å². The molecule has 0 aliphatic rings. The molecule has 0 spiro atoms. The molecule has 0 atom stereocenters. The second-order valence-corrected chi connectivity index (χ2v) is 9.47. The van der Waals surface area contributed by atoms with E-state index < -0.39 is 17.9 Å². The van der Waals surface area contributed by atoms with Crippen LogP contribution in [0.1, 0.15) is 123 Å². The molecule has 0 bridgehead atoms. The number of hydrogen-bond donors (Lipinski definition) is 5. The summed E-state index contributed by atoms with van der Waals surface area (Å²) in [6.07, 6.45) is 14.4. The van der Waals surface area contributed by atoms with Gasteiger partial charge in [-0.05, 0) is 50.2 Å². The molecular formula is C37H56O8. The molecule has 0 aliphatic heterocycles. The molecule has 252 valence electrons. The molecular weight excluding hydrogens is 572 g/mol. The third kappa shape index (κ3) is 34.4. The Morgan fingerprint density at radius 2 is 0.578 bits per heavy atom. The van der Waals surface area contributed by atoms with Gasteiger partial charge in [-0.2, -0.15) is 0 Å². The van der Waals surface area contributed by atoms with Crippen molar-refractivity contribution in [3.8, 4) is 0 Å². The minimum absolute atomic E-state index is 0.250. The first-order valence-corrected chi connectivity index (χ1v) is 15.7. The van der Waals surface area contributed by atoms with Crippen molar-refractivity contribution < 1.29 is 39.9 Å². The largest absolute Gasteiger partial charge is 0.478 e. The molecule has 8 heteroatoms. The number of aliphatic hydroxyl groups is 2. The maximum Gasteiger partial charge on any atom is 0.335 e. The quantitative estimate of drug-likeness (QED) is 0.125. The molecule has 3 rings (SSSR count). The molecule has 3 aromatic rings. The summed E-state index contributed by atoms with van der Waals surface area (Å²) in [7, 11) is 0. The van der Waals surface area contributed by atoms with E-state index in [1.807, 2.05) is 0 Å². The van der Waals surface area contributed by atoms with Gasteiger partial charge < -0.3 is 25.5 Å². The highest BCUT2D eigenvalue weighted by Gasteiger charge is 1.98. The lowest BCUT2D eigenvalue weighted by Gasteiger charge is -1.99. The Bertz CT molecular complexity index is 912. The summed E-state index contributed by atoms with van der Waals surface area (Å²) >= 11 is 0. The number of carboxylic acid groups (broad SMARTS) is 3. The minimum atomic E-state index is -0.879. The van der Waals surface area contributed by atoms with E-state index in [9.17, 15) is 14.4 Å². The number of carbonyl (C=O) groups is 3. The van der Waals surface area contributed by atoms with Gasteiger partial charge in [-0.15, -0.1) is 0 Å². The van der Waals surface area contributed by atoms with Gasteiger partial charge in [0.15, 0.2) is 0 Å². The third-order valence-corrected chi connectivity index (χ3v) is 5.52. The SMILES string of the molecule is CCCCCCCCCCCC.CCO.CCO.O=C(O)c1ccccc1.O=C(O)c1ccccc1.O=C(O)c1ccccc1. The first-order valence-electron chi connectivity index (χ1n) is 15.7. The molecule has 0 heterocycles. The number of carboxylic acids is 3. The van der Waals surface area contributed by atoms with Crippen molar-refractivity contribution in [2.45, 2.75) is 91.9 Å². The first kappa shape index (κ1) is 45.4. The lowest BCUT2D eigenvalue weighted by atomic mass is 10.1. The van der Waals surface area contributed by atoms with Crippen molar-refractivity contribution >= 4 is 17.9 Å². The molecule has 0 aliphatic carbocycles. The standard InChI is InChI=1S/C12H26.3C7H6O2.2C2H6O/c1-3-5-7-9-11-12-10-8-6-4-2;3*8-7(9)6-4-2-1-3-5-6;2*1-2-3/h3-12H2,1-2H3;3*1-5H,(H,8,9);2*3H,2H2,1H3. The lowest BCUT2D eigenvalue weighted by Crippen LogP contribution is -1.93. The van der Waals surface area contributed by atoms with E-state index in [4.69, 9.17) is 25.5 Å². The number of aliphatic hydroxyl groups excluding tert-OH is 2. The lowest BCUT2D eigenvalue weighted by molar-refractivity contribution is 0.0686. The molecule has 0 unspecified atom stereocenters. The number of benzene rings is 3. The van der Waals surface area contributed by atoms with E-state index in [2.05, 4.69) is 13.8 Å². The van der Waals surface area contributed by atoms with E-state index in [0.717, 1.165) is 0 Å². The van der Waals surface area contributed by atoms with Gasteiger partial charge in [0.05, 0.1) is 16.7 Å². The fraction of sp³-hybridized carbons (Fsp3) is 0.432. The summed E-state index contributed by atoms with van der Waals surface area (Å²) in [6, 6.07) is 24.9. The van der Waals surface area contributed by atoms with Crippen molar-refractivity contribution in [2.75, 3.05) is 13.2 Å². The number of rotatable bonds is 12. The van der Waals surface area contributed by atoms with Crippen LogP contribution < -0.4 is 0 Å². The summed E-state index contributed by atoms with van der Waals surface area (Å²) in [5, 5.41) is 40.3. The van der Waals surface area contributed by atoms with E-state index >= 15 is 0 Å². The van der Waals surface area contributed by atoms with Crippen LogP contribution >= 0.6 is 0 Å². The maximum absolute atomic E-state index is 10.2. The molecule has 0 saturated carbocycles. The van der Waals surface area contributed by atoms with Crippen molar-refractivity contribution in [1.82, 2.24) is 0 Å². The fourth-order valence-corrected chi connectivity index (χ4v) is 3.30. The molecule has 45 heavy (non-hydrogen) atoms. The number of aromatic carboxylic acids is 3. The topological polar surface area (TPSA) is 152 Å². The molecule has 0 fully saturated rings. The Balaban J connectivity index is -0.000000495. The van der Waals surface area contributed by atoms with Crippen LogP contribution in [0.5, 0.6) is 0 Å². The highest BCUT2D eigenvalue weighted by Crippen LogP contribution is 2.10. The Morgan fingerprint density at radius 1 is 0.400 bits per heavy atom. The van der Waals surface area contributed by atoms with Gasteiger partial charge in [0.25, 0.3) is 0 Å². The van der Waals surface area contributed by atoms with Crippen molar-refractivity contribution in [3.05, 3.63) is 108 Å². The van der Waals surface area contributed by atoms with Crippen molar-refractivity contribution in [3.63, 3.8) is 0 Å². The maximum atomic E-state index is 10.2. The number of hydrogen-bond acceptors (Lipinski definition) is 5. The van der Waals surface area contributed by atoms with Crippen LogP contribution in [-0.2, 0) is 0 Å². The van der Waals surface area contributed by atoms with Crippen molar-refractivity contribution in [1.29, 1.82) is 0 Å². The normalized spacial score (nSPS) is 8.93. The summed E-state index contributed by atoms with van der Waals surface area (Å²) in [5.74, 6) is -2.64. The Morgan fingerprint density at radius 3 is 0.711 bits per heavy atom. The van der Waals surface area contributed by atoms with Gasteiger partial charge in [0, 0.05) is 13.2 Å². The monoisotopic (exact) mass is 628 g/mol. The second-order valence-electron chi connectivity index (χ2n) is 9.47. The molecule has 0 saturated heterocycles. The van der Waals surface area contributed by atoms with Crippen LogP contribution in [-0.4, -0.2) is 56.7 Å². The molecule has 0 radical (unpaired) electrons. The zero-order valence-corrected chi connectivity index (χ0v) is 27.6. The van der Waals surface area contributed by atoms with Gasteiger partial charge in [0.2, 0.25) is 0 Å². The number of unbranched alkanes of at least 4 members (excludes halogenated alkanes) is 9. The van der Waals surface area contributed by atoms with Crippen LogP contribution in [0.4, 0.5) is 0 Å². The van der Waals surface area contributed by atoms with Gasteiger partial charge in [-0.3, -0.25) is 0 Å². The van der Waals surface area contributed by atoms with Crippen LogP contribution in [0.3, 0.4) is 0 Å². The Labute approximate surface area is 270 Å². The van der Waals surface area contributed by atoms with E-state index in [-0.39, 0.29) is 13.2 Å². The van der Waals surface area contributed by atoms with E-state index in [1.54, 1.807) is 105 Å². The highest BCUT2D eigenvalue weighted by molar-refractivity contribution is 5.88. The predicted octanol–water partition coefficient (Wildman–Crippen LogP) is 9.08. The van der Waals surface area contributed by atoms with Crippen LogP contribution in [0.25, 0.3) is 0 Å². The third-order valence-electron chi connectivity index (χ3n) is 5.52. The summed E-state index contributed by atoms with van der Waals surface area (Å²) in [4.78, 5) is 30.6. The van der Waals surface area contributed by atoms with Gasteiger partial charge in [-0.25, -0.2) is 14.4 Å². The highest BCUT2D eigenvalue weighted by atomic mass is 16.4. The summed E-state index contributed by atoms with van der Waals surface area (Å²) in [6.45, 7) is 8.42. The zero-order chi connectivity index (χ0) is 34.6. The first-order chi connectivity index (χ1) is 21.7. The second kappa shape index (κ2) is 36.2. The molecule has 3 aromatic carbocycles. The smallest absolute Gasteiger partial charge is 0.335 e. The van der Waals surface area contributed by atoms with E-state index in [1.165, 1.54) is 64.2 Å². The summed E-state index contributed by atoms with van der Waals surface area (Å²) < 4.78 is 0. The molecule has 0 aromatic heterocycles. The van der Waals surface area contributed by atoms with Crippen molar-refractivity contribution in [2.24, 2.45) is 0 Å².